The molecule has 1 N–H and O–H groups in total. The minimum atomic E-state index is 0.240. The predicted octanol–water partition coefficient (Wildman–Crippen LogP) is 2.07. The van der Waals surface area contributed by atoms with Crippen molar-refractivity contribution in [3.8, 4) is 0 Å². The zero-order valence-electron chi connectivity index (χ0n) is 9.41. The van der Waals surface area contributed by atoms with Crippen LogP contribution in [0.4, 0.5) is 0 Å². The first-order chi connectivity index (χ1) is 7.83. The molecule has 2 heteroatoms. The molecule has 1 aromatic rings. The third-order valence-electron chi connectivity index (χ3n) is 3.98. The smallest absolute Gasteiger partial charge is 0.220 e. The maximum atomic E-state index is 11.2. The first-order valence-electron chi connectivity index (χ1n) is 6.19. The van der Waals surface area contributed by atoms with E-state index in [0.29, 0.717) is 12.0 Å². The number of hydrogen-bond acceptors (Lipinski definition) is 1. The van der Waals surface area contributed by atoms with Gasteiger partial charge in [0.2, 0.25) is 5.91 Å². The van der Waals surface area contributed by atoms with Gasteiger partial charge in [0.25, 0.3) is 0 Å². The molecule has 0 radical (unpaired) electrons. The maximum absolute atomic E-state index is 11.2. The quantitative estimate of drug-likeness (QED) is 0.763. The molecule has 1 aliphatic carbocycles. The van der Waals surface area contributed by atoms with Crippen LogP contribution >= 0.6 is 0 Å². The van der Waals surface area contributed by atoms with Gasteiger partial charge >= 0.3 is 0 Å². The summed E-state index contributed by atoms with van der Waals surface area (Å²) in [7, 11) is 0. The van der Waals surface area contributed by atoms with Gasteiger partial charge < -0.3 is 5.32 Å². The van der Waals surface area contributed by atoms with Gasteiger partial charge in [-0.15, -0.1) is 0 Å². The minimum Gasteiger partial charge on any atom is -0.353 e. The summed E-state index contributed by atoms with van der Waals surface area (Å²) in [6, 6.07) is 9.14. The van der Waals surface area contributed by atoms with E-state index < -0.39 is 0 Å². The van der Waals surface area contributed by atoms with Gasteiger partial charge in [0.15, 0.2) is 0 Å². The molecule has 1 amide bonds. The number of carbonyl (C=O) groups is 1. The third kappa shape index (κ3) is 1.73. The third-order valence-corrected chi connectivity index (χ3v) is 3.98. The Morgan fingerprint density at radius 3 is 2.62 bits per heavy atom. The summed E-state index contributed by atoms with van der Waals surface area (Å²) in [6.07, 6.45) is 5.30. The second-order valence-corrected chi connectivity index (χ2v) is 4.98. The maximum Gasteiger partial charge on any atom is 0.220 e. The summed E-state index contributed by atoms with van der Waals surface area (Å²) < 4.78 is 0. The molecule has 0 unspecified atom stereocenters. The largest absolute Gasteiger partial charge is 0.353 e. The van der Waals surface area contributed by atoms with E-state index in [0.717, 1.165) is 19.3 Å². The predicted molar refractivity (Wildman–Crippen MR) is 63.1 cm³/mol. The van der Waals surface area contributed by atoms with Gasteiger partial charge in [0, 0.05) is 12.5 Å². The summed E-state index contributed by atoms with van der Waals surface area (Å²) in [4.78, 5) is 11.2. The van der Waals surface area contributed by atoms with Crippen molar-refractivity contribution in [3.63, 3.8) is 0 Å². The van der Waals surface area contributed by atoms with Gasteiger partial charge in [-0.1, -0.05) is 24.3 Å². The van der Waals surface area contributed by atoms with Gasteiger partial charge in [-0.2, -0.15) is 0 Å². The Bertz CT molecular complexity index is 413. The molecular formula is C14H17NO. The normalized spacial score (nSPS) is 28.6. The second-order valence-electron chi connectivity index (χ2n) is 4.98. The van der Waals surface area contributed by atoms with E-state index in [2.05, 4.69) is 29.6 Å². The van der Waals surface area contributed by atoms with Crippen LogP contribution in [0.2, 0.25) is 0 Å². The van der Waals surface area contributed by atoms with E-state index in [1.165, 1.54) is 24.0 Å². The van der Waals surface area contributed by atoms with Crippen LogP contribution in [0.15, 0.2) is 24.3 Å². The Morgan fingerprint density at radius 2 is 1.88 bits per heavy atom. The average molecular weight is 215 g/mol. The monoisotopic (exact) mass is 215 g/mol. The fourth-order valence-electron chi connectivity index (χ4n) is 3.06. The minimum absolute atomic E-state index is 0.240. The molecule has 1 saturated heterocycles. The summed E-state index contributed by atoms with van der Waals surface area (Å²) in [5.74, 6) is 0.894. The van der Waals surface area contributed by atoms with E-state index >= 15 is 0 Å². The van der Waals surface area contributed by atoms with E-state index in [9.17, 15) is 4.79 Å². The standard InChI is InChI=1S/C14H17NO/c16-14-8-7-13(15-14)12-6-5-10-3-1-2-4-11(10)9-12/h1-4,12-13H,5-9H2,(H,15,16)/t12-,13-/m1/s1. The number of rotatable bonds is 1. The Balaban J connectivity index is 1.75. The number of nitrogens with one attached hydrogen (secondary N) is 1. The van der Waals surface area contributed by atoms with Gasteiger partial charge in [-0.3, -0.25) is 4.79 Å². The lowest BCUT2D eigenvalue weighted by molar-refractivity contribution is -0.119. The van der Waals surface area contributed by atoms with Crippen LogP contribution < -0.4 is 5.32 Å². The van der Waals surface area contributed by atoms with E-state index in [1.54, 1.807) is 0 Å². The summed E-state index contributed by atoms with van der Waals surface area (Å²) in [6.45, 7) is 0. The molecule has 1 aliphatic heterocycles. The highest BCUT2D eigenvalue weighted by Gasteiger charge is 2.30. The summed E-state index contributed by atoms with van der Waals surface area (Å²) in [5, 5.41) is 3.12. The molecule has 1 aromatic carbocycles. The fourth-order valence-corrected chi connectivity index (χ4v) is 3.06. The molecular weight excluding hydrogens is 198 g/mol. The Kier molecular flexibility index (Phi) is 2.43. The van der Waals surface area contributed by atoms with E-state index in [4.69, 9.17) is 0 Å². The number of hydrogen-bond donors (Lipinski definition) is 1. The van der Waals surface area contributed by atoms with Crippen molar-refractivity contribution < 1.29 is 4.79 Å². The molecule has 0 aromatic heterocycles. The highest BCUT2D eigenvalue weighted by atomic mass is 16.1. The highest BCUT2D eigenvalue weighted by molar-refractivity contribution is 5.78. The van der Waals surface area contributed by atoms with Crippen molar-refractivity contribution in [3.05, 3.63) is 35.4 Å². The van der Waals surface area contributed by atoms with Gasteiger partial charge in [0.05, 0.1) is 0 Å². The molecule has 2 nitrogen and oxygen atoms in total. The van der Waals surface area contributed by atoms with E-state index in [1.807, 2.05) is 0 Å². The van der Waals surface area contributed by atoms with Crippen LogP contribution in [-0.2, 0) is 17.6 Å². The lowest BCUT2D eigenvalue weighted by Gasteiger charge is -2.29. The van der Waals surface area contributed by atoms with Crippen molar-refractivity contribution >= 4 is 5.91 Å². The van der Waals surface area contributed by atoms with Crippen molar-refractivity contribution in [2.24, 2.45) is 5.92 Å². The van der Waals surface area contributed by atoms with Crippen LogP contribution in [0.1, 0.15) is 30.4 Å². The van der Waals surface area contributed by atoms with Crippen molar-refractivity contribution in [1.82, 2.24) is 5.32 Å². The SMILES string of the molecule is O=C1CC[C@H]([C@@H]2CCc3ccccc3C2)N1. The van der Waals surface area contributed by atoms with Crippen molar-refractivity contribution in [2.75, 3.05) is 0 Å². The molecule has 0 spiro atoms. The number of aryl methyl sites for hydroxylation is 1. The molecule has 84 valence electrons. The van der Waals surface area contributed by atoms with Gasteiger partial charge in [-0.05, 0) is 42.7 Å². The summed E-state index contributed by atoms with van der Waals surface area (Å²) >= 11 is 0. The molecule has 3 rings (SSSR count). The average Bonchev–Trinajstić information content (AvgIpc) is 2.75. The fraction of sp³-hybridized carbons (Fsp3) is 0.500. The van der Waals surface area contributed by atoms with Crippen LogP contribution in [-0.4, -0.2) is 11.9 Å². The Morgan fingerprint density at radius 1 is 1.06 bits per heavy atom. The van der Waals surface area contributed by atoms with Crippen molar-refractivity contribution in [1.29, 1.82) is 0 Å². The van der Waals surface area contributed by atoms with Crippen LogP contribution in [0.3, 0.4) is 0 Å². The summed E-state index contributed by atoms with van der Waals surface area (Å²) in [5.41, 5.74) is 2.99. The van der Waals surface area contributed by atoms with Crippen LogP contribution in [0.25, 0.3) is 0 Å². The Labute approximate surface area is 96.1 Å². The van der Waals surface area contributed by atoms with Crippen LogP contribution in [0, 0.1) is 5.92 Å². The first kappa shape index (κ1) is 9.88. The lowest BCUT2D eigenvalue weighted by atomic mass is 9.80. The molecule has 2 atom stereocenters. The number of fused-ring (bicyclic) bond motifs is 1. The second kappa shape index (κ2) is 3.93. The topological polar surface area (TPSA) is 29.1 Å². The molecule has 16 heavy (non-hydrogen) atoms. The zero-order chi connectivity index (χ0) is 11.0. The molecule has 1 heterocycles. The number of amides is 1. The molecule has 0 bridgehead atoms. The van der Waals surface area contributed by atoms with Gasteiger partial charge in [0.1, 0.15) is 0 Å². The lowest BCUT2D eigenvalue weighted by Crippen LogP contribution is -2.35. The number of benzene rings is 1. The van der Waals surface area contributed by atoms with Crippen molar-refractivity contribution in [2.45, 2.75) is 38.1 Å². The van der Waals surface area contributed by atoms with Gasteiger partial charge in [-0.25, -0.2) is 0 Å². The molecule has 2 aliphatic rings. The molecule has 1 fully saturated rings. The highest BCUT2D eigenvalue weighted by Crippen LogP contribution is 2.30. The van der Waals surface area contributed by atoms with Crippen LogP contribution in [0.5, 0.6) is 0 Å². The number of carbonyl (C=O) groups excluding carboxylic acids is 1. The Hall–Kier alpha value is -1.31. The first-order valence-corrected chi connectivity index (χ1v) is 6.19. The molecule has 0 saturated carbocycles. The zero-order valence-corrected chi connectivity index (χ0v) is 9.41. The van der Waals surface area contributed by atoms with E-state index in [-0.39, 0.29) is 5.91 Å².